The molecule has 0 N–H and O–H groups in total. The van der Waals surface area contributed by atoms with Gasteiger partial charge >= 0.3 is 0 Å². The Labute approximate surface area is 92.0 Å². The van der Waals surface area contributed by atoms with Crippen LogP contribution in [0.3, 0.4) is 0 Å². The van der Waals surface area contributed by atoms with E-state index in [1.54, 1.807) is 18.3 Å². The molecule has 4 heteroatoms. The number of carbonyl (C=O) groups is 1. The van der Waals surface area contributed by atoms with Gasteiger partial charge in [0.2, 0.25) is 0 Å². The molecule has 0 spiro atoms. The van der Waals surface area contributed by atoms with E-state index in [0.29, 0.717) is 5.69 Å². The maximum absolute atomic E-state index is 12.6. The fourth-order valence-corrected chi connectivity index (χ4v) is 1.30. The Balaban J connectivity index is 2.12. The Morgan fingerprint density at radius 2 is 2.06 bits per heavy atom. The zero-order valence-corrected chi connectivity index (χ0v) is 8.43. The van der Waals surface area contributed by atoms with Crippen molar-refractivity contribution >= 4 is 5.78 Å². The highest BCUT2D eigenvalue weighted by Gasteiger charge is 2.08. The maximum atomic E-state index is 12.6. The largest absolute Gasteiger partial charge is 0.292 e. The predicted molar refractivity (Wildman–Crippen MR) is 56.5 cm³/mol. The number of ketones is 1. The standard InChI is InChI=1S/C12H9FN2O/c13-9-4-5-11(15-8-9)12(16)7-10-3-1-2-6-14-10/h1-6,8H,7H2. The summed E-state index contributed by atoms with van der Waals surface area (Å²) in [5, 5.41) is 0. The Kier molecular flexibility index (Phi) is 3.00. The average molecular weight is 216 g/mol. The summed E-state index contributed by atoms with van der Waals surface area (Å²) in [5.41, 5.74) is 0.936. The number of pyridine rings is 2. The minimum absolute atomic E-state index is 0.168. The third-order valence-electron chi connectivity index (χ3n) is 2.08. The number of halogens is 1. The lowest BCUT2D eigenvalue weighted by Crippen LogP contribution is -2.06. The van der Waals surface area contributed by atoms with Gasteiger partial charge in [-0.1, -0.05) is 6.07 Å². The van der Waals surface area contributed by atoms with E-state index in [4.69, 9.17) is 0 Å². The number of aromatic nitrogens is 2. The van der Waals surface area contributed by atoms with Gasteiger partial charge in [-0.25, -0.2) is 4.39 Å². The summed E-state index contributed by atoms with van der Waals surface area (Å²) < 4.78 is 12.6. The highest BCUT2D eigenvalue weighted by atomic mass is 19.1. The molecule has 0 aliphatic rings. The highest BCUT2D eigenvalue weighted by Crippen LogP contribution is 2.04. The zero-order chi connectivity index (χ0) is 11.4. The van der Waals surface area contributed by atoms with Gasteiger partial charge in [0.15, 0.2) is 5.78 Å². The van der Waals surface area contributed by atoms with Crippen molar-refractivity contribution in [2.24, 2.45) is 0 Å². The molecule has 0 fully saturated rings. The van der Waals surface area contributed by atoms with E-state index in [1.165, 1.54) is 12.1 Å². The summed E-state index contributed by atoms with van der Waals surface area (Å²) in [6.45, 7) is 0. The van der Waals surface area contributed by atoms with Crippen LogP contribution >= 0.6 is 0 Å². The molecule has 0 aliphatic carbocycles. The van der Waals surface area contributed by atoms with Crippen molar-refractivity contribution in [1.29, 1.82) is 0 Å². The minimum atomic E-state index is -0.450. The van der Waals surface area contributed by atoms with Crippen LogP contribution in [0, 0.1) is 5.82 Å². The second kappa shape index (κ2) is 4.61. The molecule has 16 heavy (non-hydrogen) atoms. The number of nitrogens with zero attached hydrogens (tertiary/aromatic N) is 2. The number of carbonyl (C=O) groups excluding carboxylic acids is 1. The van der Waals surface area contributed by atoms with Crippen molar-refractivity contribution in [1.82, 2.24) is 9.97 Å². The fourth-order valence-electron chi connectivity index (χ4n) is 1.30. The molecule has 2 aromatic rings. The SMILES string of the molecule is O=C(Cc1ccccn1)c1ccc(F)cn1. The molecule has 0 radical (unpaired) electrons. The topological polar surface area (TPSA) is 42.9 Å². The van der Waals surface area contributed by atoms with Gasteiger partial charge in [-0.3, -0.25) is 14.8 Å². The van der Waals surface area contributed by atoms with Crippen molar-refractivity contribution in [2.75, 3.05) is 0 Å². The third-order valence-corrected chi connectivity index (χ3v) is 2.08. The van der Waals surface area contributed by atoms with Gasteiger partial charge < -0.3 is 0 Å². The first-order valence-electron chi connectivity index (χ1n) is 4.80. The first-order valence-corrected chi connectivity index (χ1v) is 4.80. The molecule has 0 aliphatic heterocycles. The van der Waals surface area contributed by atoms with Crippen molar-refractivity contribution in [3.63, 3.8) is 0 Å². The monoisotopic (exact) mass is 216 g/mol. The van der Waals surface area contributed by atoms with E-state index < -0.39 is 5.82 Å². The van der Waals surface area contributed by atoms with E-state index in [9.17, 15) is 9.18 Å². The van der Waals surface area contributed by atoms with Crippen LogP contribution in [0.5, 0.6) is 0 Å². The summed E-state index contributed by atoms with van der Waals surface area (Å²) >= 11 is 0. The highest BCUT2D eigenvalue weighted by molar-refractivity contribution is 5.95. The normalized spacial score (nSPS) is 10.1. The molecule has 2 aromatic heterocycles. The van der Waals surface area contributed by atoms with Crippen molar-refractivity contribution in [2.45, 2.75) is 6.42 Å². The smallest absolute Gasteiger partial charge is 0.187 e. The third kappa shape index (κ3) is 2.48. The van der Waals surface area contributed by atoms with Gasteiger partial charge in [-0.15, -0.1) is 0 Å². The first-order chi connectivity index (χ1) is 7.75. The predicted octanol–water partition coefficient (Wildman–Crippen LogP) is 2.04. The first kappa shape index (κ1) is 10.4. The molecule has 0 saturated carbocycles. The second-order valence-corrected chi connectivity index (χ2v) is 3.28. The van der Waals surface area contributed by atoms with Crippen LogP contribution in [0.1, 0.15) is 16.2 Å². The molecule has 0 bridgehead atoms. The summed E-state index contributed by atoms with van der Waals surface area (Å²) in [5.74, 6) is -0.618. The lowest BCUT2D eigenvalue weighted by Gasteiger charge is -1.99. The van der Waals surface area contributed by atoms with Crippen LogP contribution in [0.4, 0.5) is 4.39 Å². The van der Waals surface area contributed by atoms with Crippen LogP contribution in [0.15, 0.2) is 42.7 Å². The molecule has 0 amide bonds. The summed E-state index contributed by atoms with van der Waals surface area (Å²) in [6.07, 6.45) is 2.84. The second-order valence-electron chi connectivity index (χ2n) is 3.28. The number of rotatable bonds is 3. The molecule has 2 rings (SSSR count). The van der Waals surface area contributed by atoms with Crippen molar-refractivity contribution < 1.29 is 9.18 Å². The fraction of sp³-hybridized carbons (Fsp3) is 0.0833. The van der Waals surface area contributed by atoms with Gasteiger partial charge in [0.05, 0.1) is 12.6 Å². The molecule has 0 aromatic carbocycles. The van der Waals surface area contributed by atoms with Gasteiger partial charge in [-0.05, 0) is 24.3 Å². The van der Waals surface area contributed by atoms with Crippen LogP contribution in [-0.2, 0) is 6.42 Å². The summed E-state index contributed by atoms with van der Waals surface area (Å²) in [6, 6.07) is 7.96. The quantitative estimate of drug-likeness (QED) is 0.737. The molecular weight excluding hydrogens is 207 g/mol. The van der Waals surface area contributed by atoms with Gasteiger partial charge in [0.25, 0.3) is 0 Å². The Morgan fingerprint density at radius 3 is 2.69 bits per heavy atom. The van der Waals surface area contributed by atoms with Crippen LogP contribution < -0.4 is 0 Å². The minimum Gasteiger partial charge on any atom is -0.292 e. The Hall–Kier alpha value is -2.10. The van der Waals surface area contributed by atoms with Crippen molar-refractivity contribution in [3.05, 3.63) is 59.9 Å². The van der Waals surface area contributed by atoms with Crippen LogP contribution in [0.25, 0.3) is 0 Å². The zero-order valence-electron chi connectivity index (χ0n) is 8.43. The van der Waals surface area contributed by atoms with E-state index in [1.807, 2.05) is 6.07 Å². The van der Waals surface area contributed by atoms with Gasteiger partial charge in [-0.2, -0.15) is 0 Å². The van der Waals surface area contributed by atoms with Crippen LogP contribution in [0.2, 0.25) is 0 Å². The average Bonchev–Trinajstić information content (AvgIpc) is 2.31. The summed E-state index contributed by atoms with van der Waals surface area (Å²) in [7, 11) is 0. The van der Waals surface area contributed by atoms with E-state index in [0.717, 1.165) is 6.20 Å². The van der Waals surface area contributed by atoms with E-state index in [2.05, 4.69) is 9.97 Å². The van der Waals surface area contributed by atoms with Gasteiger partial charge in [0, 0.05) is 11.9 Å². The molecule has 0 saturated heterocycles. The number of hydrogen-bond acceptors (Lipinski definition) is 3. The molecule has 80 valence electrons. The molecule has 0 atom stereocenters. The summed E-state index contributed by atoms with van der Waals surface area (Å²) in [4.78, 5) is 19.5. The van der Waals surface area contributed by atoms with Gasteiger partial charge in [0.1, 0.15) is 11.5 Å². The van der Waals surface area contributed by atoms with Crippen LogP contribution in [-0.4, -0.2) is 15.8 Å². The molecule has 0 unspecified atom stereocenters. The maximum Gasteiger partial charge on any atom is 0.187 e. The molecule has 3 nitrogen and oxygen atoms in total. The molecular formula is C12H9FN2O. The Bertz CT molecular complexity index is 482. The van der Waals surface area contributed by atoms with E-state index in [-0.39, 0.29) is 17.9 Å². The Morgan fingerprint density at radius 1 is 1.19 bits per heavy atom. The van der Waals surface area contributed by atoms with Crippen molar-refractivity contribution in [3.8, 4) is 0 Å². The number of Topliss-reactive ketones (excluding diaryl/α,β-unsaturated/α-hetero) is 1. The number of hydrogen-bond donors (Lipinski definition) is 0. The van der Waals surface area contributed by atoms with E-state index >= 15 is 0 Å². The lowest BCUT2D eigenvalue weighted by atomic mass is 10.1. The lowest BCUT2D eigenvalue weighted by molar-refractivity contribution is 0.0987. The molecule has 2 heterocycles.